The molecule has 18 heavy (non-hydrogen) atoms. The van der Waals surface area contributed by atoms with Gasteiger partial charge in [-0.3, -0.25) is 0 Å². The summed E-state index contributed by atoms with van der Waals surface area (Å²) in [6.07, 6.45) is -3.14. The van der Waals surface area contributed by atoms with Gasteiger partial charge in [0.25, 0.3) is 0 Å². The number of rotatable bonds is 1. The van der Waals surface area contributed by atoms with Gasteiger partial charge >= 0.3 is 11.8 Å². The molecule has 1 N–H and O–H groups in total. The fraction of sp³-hybridized carbons (Fsp3) is 0.0833. The van der Waals surface area contributed by atoms with E-state index in [0.717, 1.165) is 12.1 Å². The van der Waals surface area contributed by atoms with Gasteiger partial charge in [-0.15, -0.1) is 0 Å². The third-order valence-electron chi connectivity index (χ3n) is 2.23. The Bertz CT molecular complexity index is 725. The molecule has 0 atom stereocenters. The van der Waals surface area contributed by atoms with E-state index in [1.807, 2.05) is 0 Å². The van der Waals surface area contributed by atoms with E-state index in [1.165, 1.54) is 18.2 Å². The highest BCUT2D eigenvalue weighted by Crippen LogP contribution is 2.29. The van der Waals surface area contributed by atoms with Gasteiger partial charge in [-0.1, -0.05) is 12.1 Å². The lowest BCUT2D eigenvalue weighted by atomic mass is 10.1. The fourth-order valence-corrected chi connectivity index (χ4v) is 1.46. The molecule has 0 aliphatic heterocycles. The van der Waals surface area contributed by atoms with Gasteiger partial charge in [0, 0.05) is 0 Å². The number of nitrogens with one attached hydrogen (secondary N) is 1. The standard InChI is InChI=1S/C12H8F3NO2/c1-7-16-10(11(17)18-7)6-8-3-2-4-9(5-8)12(13,14)15/h2-6,16H,1H2/b10-6-. The highest BCUT2D eigenvalue weighted by atomic mass is 19.4. The second-order valence-corrected chi connectivity index (χ2v) is 3.62. The van der Waals surface area contributed by atoms with Crippen molar-refractivity contribution in [3.63, 3.8) is 0 Å². The molecule has 0 saturated heterocycles. The second-order valence-electron chi connectivity index (χ2n) is 3.62. The molecule has 0 bridgehead atoms. The summed E-state index contributed by atoms with van der Waals surface area (Å²) in [6.45, 7) is 3.38. The van der Waals surface area contributed by atoms with Gasteiger partial charge in [-0.25, -0.2) is 4.79 Å². The third-order valence-corrected chi connectivity index (χ3v) is 2.23. The number of hydrogen-bond acceptors (Lipinski definition) is 2. The molecule has 1 heterocycles. The molecular formula is C12H8F3NO2. The van der Waals surface area contributed by atoms with E-state index in [2.05, 4.69) is 16.0 Å². The molecule has 94 valence electrons. The minimum atomic E-state index is -4.41. The fourth-order valence-electron chi connectivity index (χ4n) is 1.46. The van der Waals surface area contributed by atoms with Crippen molar-refractivity contribution in [1.82, 2.24) is 4.98 Å². The van der Waals surface area contributed by atoms with Crippen LogP contribution in [0.15, 0.2) is 33.5 Å². The largest absolute Gasteiger partial charge is 0.416 e. The summed E-state index contributed by atoms with van der Waals surface area (Å²) in [5.41, 5.74) is -1.14. The molecule has 0 radical (unpaired) electrons. The van der Waals surface area contributed by atoms with Crippen molar-refractivity contribution in [2.24, 2.45) is 0 Å². The van der Waals surface area contributed by atoms with Crippen LogP contribution in [-0.2, 0) is 6.18 Å². The SMILES string of the molecule is C=c1[nH]/c(=C\c2cccc(C(F)(F)F)c2)c(=O)o1. The topological polar surface area (TPSA) is 46.0 Å². The van der Waals surface area contributed by atoms with Crippen LogP contribution in [0, 0.1) is 0 Å². The quantitative estimate of drug-likeness (QED) is 0.833. The van der Waals surface area contributed by atoms with Gasteiger partial charge in [0.05, 0.1) is 5.56 Å². The van der Waals surface area contributed by atoms with Gasteiger partial charge in [-0.2, -0.15) is 13.2 Å². The first-order valence-corrected chi connectivity index (χ1v) is 4.93. The van der Waals surface area contributed by atoms with E-state index in [1.54, 1.807) is 0 Å². The van der Waals surface area contributed by atoms with Gasteiger partial charge in [0.2, 0.25) is 0 Å². The maximum absolute atomic E-state index is 12.5. The van der Waals surface area contributed by atoms with Crippen molar-refractivity contribution in [2.45, 2.75) is 6.18 Å². The maximum Gasteiger partial charge on any atom is 0.416 e. The molecule has 1 aromatic heterocycles. The molecule has 0 unspecified atom stereocenters. The van der Waals surface area contributed by atoms with Crippen molar-refractivity contribution < 1.29 is 17.6 Å². The van der Waals surface area contributed by atoms with Gasteiger partial charge in [-0.05, 0) is 30.4 Å². The highest BCUT2D eigenvalue weighted by molar-refractivity contribution is 5.49. The van der Waals surface area contributed by atoms with Crippen molar-refractivity contribution >= 4 is 12.7 Å². The van der Waals surface area contributed by atoms with E-state index in [-0.39, 0.29) is 16.5 Å². The Labute approximate surface area is 98.9 Å². The first-order valence-electron chi connectivity index (χ1n) is 4.93. The molecule has 2 aromatic rings. The summed E-state index contributed by atoms with van der Waals surface area (Å²) < 4.78 is 42.0. The molecule has 2 rings (SSSR count). The van der Waals surface area contributed by atoms with Gasteiger partial charge < -0.3 is 9.40 Å². The Balaban J connectivity index is 2.54. The van der Waals surface area contributed by atoms with Crippen molar-refractivity contribution in [3.8, 4) is 0 Å². The molecule has 6 heteroatoms. The monoisotopic (exact) mass is 255 g/mol. The number of aromatic nitrogens is 1. The Morgan fingerprint density at radius 2 is 2.06 bits per heavy atom. The number of hydrogen-bond donors (Lipinski definition) is 1. The molecule has 0 fully saturated rings. The summed E-state index contributed by atoms with van der Waals surface area (Å²) >= 11 is 0. The summed E-state index contributed by atoms with van der Waals surface area (Å²) in [4.78, 5) is 13.8. The number of aromatic amines is 1. The average molecular weight is 255 g/mol. The van der Waals surface area contributed by atoms with Crippen LogP contribution in [0.1, 0.15) is 11.1 Å². The van der Waals surface area contributed by atoms with Crippen LogP contribution in [0.25, 0.3) is 12.7 Å². The van der Waals surface area contributed by atoms with Gasteiger partial charge in [0.15, 0.2) is 5.55 Å². The zero-order valence-electron chi connectivity index (χ0n) is 9.04. The van der Waals surface area contributed by atoms with Crippen LogP contribution >= 0.6 is 0 Å². The van der Waals surface area contributed by atoms with Crippen molar-refractivity contribution in [2.75, 3.05) is 0 Å². The number of H-pyrrole nitrogens is 1. The van der Waals surface area contributed by atoms with Crippen LogP contribution in [0.2, 0.25) is 0 Å². The zero-order chi connectivity index (χ0) is 13.3. The molecule has 0 spiro atoms. The van der Waals surface area contributed by atoms with Gasteiger partial charge in [0.1, 0.15) is 5.35 Å². The van der Waals surface area contributed by atoms with Crippen molar-refractivity contribution in [1.29, 1.82) is 0 Å². The second kappa shape index (κ2) is 4.21. The number of halogens is 3. The highest BCUT2D eigenvalue weighted by Gasteiger charge is 2.30. The molecular weight excluding hydrogens is 247 g/mol. The summed E-state index contributed by atoms with van der Waals surface area (Å²) in [6, 6.07) is 4.63. The molecule has 0 saturated carbocycles. The Hall–Kier alpha value is -2.24. The lowest BCUT2D eigenvalue weighted by molar-refractivity contribution is -0.137. The molecule has 0 aliphatic carbocycles. The maximum atomic E-state index is 12.5. The lowest BCUT2D eigenvalue weighted by Gasteiger charge is -2.06. The molecule has 0 aliphatic rings. The molecule has 3 nitrogen and oxygen atoms in total. The normalized spacial score (nSPS) is 12.9. The molecule has 0 amide bonds. The summed E-state index contributed by atoms with van der Waals surface area (Å²) in [7, 11) is 0. The van der Waals surface area contributed by atoms with Crippen LogP contribution in [0.3, 0.4) is 0 Å². The smallest absolute Gasteiger partial charge is 0.405 e. The first-order chi connectivity index (χ1) is 8.36. The van der Waals surface area contributed by atoms with E-state index in [4.69, 9.17) is 0 Å². The van der Waals surface area contributed by atoms with E-state index in [9.17, 15) is 18.0 Å². The first kappa shape index (κ1) is 12.2. The van der Waals surface area contributed by atoms with E-state index in [0.29, 0.717) is 0 Å². The van der Waals surface area contributed by atoms with E-state index >= 15 is 0 Å². The van der Waals surface area contributed by atoms with E-state index < -0.39 is 17.4 Å². The Morgan fingerprint density at radius 3 is 2.61 bits per heavy atom. The van der Waals surface area contributed by atoms with Crippen molar-refractivity contribution in [3.05, 3.63) is 56.7 Å². The minimum absolute atomic E-state index is 0.0539. The minimum Gasteiger partial charge on any atom is -0.405 e. The van der Waals surface area contributed by atoms with Crippen LogP contribution < -0.4 is 16.5 Å². The van der Waals surface area contributed by atoms with Crippen LogP contribution in [-0.4, -0.2) is 4.98 Å². The summed E-state index contributed by atoms with van der Waals surface area (Å²) in [5, 5.41) is 0.0549. The molecule has 1 aromatic carbocycles. The zero-order valence-corrected chi connectivity index (χ0v) is 9.04. The number of alkyl halides is 3. The predicted octanol–water partition coefficient (Wildman–Crippen LogP) is 1.23. The Morgan fingerprint density at radius 1 is 1.33 bits per heavy atom. The number of oxazole rings is 1. The predicted molar refractivity (Wildman–Crippen MR) is 59.1 cm³/mol. The lowest BCUT2D eigenvalue weighted by Crippen LogP contribution is -2.21. The summed E-state index contributed by atoms with van der Waals surface area (Å²) in [5.74, 6) is 0. The Kier molecular flexibility index (Phi) is 2.86. The number of benzene rings is 1. The van der Waals surface area contributed by atoms with Crippen LogP contribution in [0.4, 0.5) is 13.2 Å². The van der Waals surface area contributed by atoms with Crippen LogP contribution in [0.5, 0.6) is 0 Å². The third kappa shape index (κ3) is 2.53. The average Bonchev–Trinajstić information content (AvgIpc) is 2.56.